The Labute approximate surface area is 210 Å². The van der Waals surface area contributed by atoms with E-state index in [0.29, 0.717) is 25.5 Å². The van der Waals surface area contributed by atoms with Gasteiger partial charge in [0.2, 0.25) is 5.91 Å². The molecule has 2 aliphatic heterocycles. The molecule has 2 amide bonds. The number of β-amino-alcohol motifs (C(OH)–C–C–N with tert-alkyl or cyclic N) is 1. The molecule has 4 heterocycles. The van der Waals surface area contributed by atoms with Crippen LogP contribution in [-0.4, -0.2) is 86.5 Å². The van der Waals surface area contributed by atoms with E-state index in [1.54, 1.807) is 13.0 Å². The number of anilines is 1. The summed E-state index contributed by atoms with van der Waals surface area (Å²) in [5.41, 5.74) is 3.97. The first-order valence-corrected chi connectivity index (χ1v) is 12.6. The molecule has 0 saturated carbocycles. The molecule has 5 rings (SSSR count). The fourth-order valence-electron chi connectivity index (χ4n) is 5.18. The molecule has 1 atom stereocenters. The third kappa shape index (κ3) is 5.50. The van der Waals surface area contributed by atoms with Crippen LogP contribution in [0.5, 0.6) is 0 Å². The van der Waals surface area contributed by atoms with Crippen molar-refractivity contribution in [3.63, 3.8) is 0 Å². The van der Waals surface area contributed by atoms with Gasteiger partial charge in [-0.3, -0.25) is 14.5 Å². The van der Waals surface area contributed by atoms with Crippen molar-refractivity contribution < 1.29 is 14.7 Å². The van der Waals surface area contributed by atoms with Crippen LogP contribution in [0.2, 0.25) is 0 Å². The molecule has 1 fully saturated rings. The number of carbonyl (C=O) groups excluding carboxylic acids is 2. The Balaban J connectivity index is 1.09. The number of benzene rings is 1. The Morgan fingerprint density at radius 3 is 2.81 bits per heavy atom. The summed E-state index contributed by atoms with van der Waals surface area (Å²) in [6, 6.07) is 10.1. The molecule has 36 heavy (non-hydrogen) atoms. The molecule has 10 heteroatoms. The molecule has 2 aromatic heterocycles. The quantitative estimate of drug-likeness (QED) is 0.395. The highest BCUT2D eigenvalue weighted by molar-refractivity contribution is 5.92. The number of hydrogen-bond acceptors (Lipinski definition) is 7. The number of aliphatic hydroxyl groups is 1. The van der Waals surface area contributed by atoms with Crippen LogP contribution in [-0.2, 0) is 17.8 Å². The largest absolute Gasteiger partial charge is 0.390 e. The number of aliphatic hydroxyl groups excluding tert-OH is 1. The maximum Gasteiger partial charge on any atom is 0.270 e. The monoisotopic (exact) mass is 491 g/mol. The predicted molar refractivity (Wildman–Crippen MR) is 137 cm³/mol. The molecular weight excluding hydrogens is 458 g/mol. The van der Waals surface area contributed by atoms with E-state index < -0.39 is 6.10 Å². The fraction of sp³-hybridized carbons (Fsp3) is 0.462. The van der Waals surface area contributed by atoms with Crippen molar-refractivity contribution in [2.24, 2.45) is 0 Å². The molecule has 3 aromatic rings. The number of rotatable bonds is 7. The highest BCUT2D eigenvalue weighted by atomic mass is 16.3. The lowest BCUT2D eigenvalue weighted by Crippen LogP contribution is -2.42. The Morgan fingerprint density at radius 2 is 2.00 bits per heavy atom. The molecule has 0 radical (unpaired) electrons. The molecule has 4 N–H and O–H groups in total. The molecule has 0 bridgehead atoms. The summed E-state index contributed by atoms with van der Waals surface area (Å²) in [4.78, 5) is 40.0. The number of hydrogen-bond donors (Lipinski definition) is 4. The van der Waals surface area contributed by atoms with E-state index >= 15 is 0 Å². The van der Waals surface area contributed by atoms with Gasteiger partial charge < -0.3 is 25.6 Å². The van der Waals surface area contributed by atoms with E-state index in [1.807, 2.05) is 11.0 Å². The lowest BCUT2D eigenvalue weighted by molar-refractivity contribution is -0.129. The van der Waals surface area contributed by atoms with Crippen molar-refractivity contribution in [1.82, 2.24) is 30.1 Å². The number of carbonyl (C=O) groups is 2. The summed E-state index contributed by atoms with van der Waals surface area (Å²) in [6.45, 7) is 5.25. The first-order chi connectivity index (χ1) is 17.5. The number of fused-ring (bicyclic) bond motifs is 3. The van der Waals surface area contributed by atoms with Crippen LogP contribution in [0.1, 0.15) is 41.5 Å². The number of para-hydroxylation sites is 1. The highest BCUT2D eigenvalue weighted by Crippen LogP contribution is 2.27. The maximum atomic E-state index is 12.7. The van der Waals surface area contributed by atoms with Crippen LogP contribution in [0.25, 0.3) is 10.9 Å². The number of piperidine rings is 1. The minimum Gasteiger partial charge on any atom is -0.390 e. The number of likely N-dealkylation sites (tertiary alicyclic amines) is 1. The Bertz CT molecular complexity index is 1240. The smallest absolute Gasteiger partial charge is 0.270 e. The molecule has 0 spiro atoms. The number of aromatic amines is 1. The topological polar surface area (TPSA) is 126 Å². The van der Waals surface area contributed by atoms with E-state index in [4.69, 9.17) is 0 Å². The van der Waals surface area contributed by atoms with Crippen molar-refractivity contribution in [3.05, 3.63) is 53.6 Å². The van der Waals surface area contributed by atoms with Crippen LogP contribution in [0, 0.1) is 0 Å². The third-order valence-electron chi connectivity index (χ3n) is 7.12. The van der Waals surface area contributed by atoms with Crippen molar-refractivity contribution in [1.29, 1.82) is 0 Å². The van der Waals surface area contributed by atoms with Gasteiger partial charge in [0.05, 0.1) is 6.10 Å². The Kier molecular flexibility index (Phi) is 7.15. The maximum absolute atomic E-state index is 12.7. The van der Waals surface area contributed by atoms with Gasteiger partial charge in [-0.05, 0) is 30.9 Å². The van der Waals surface area contributed by atoms with Crippen LogP contribution in [0.3, 0.4) is 0 Å². The second kappa shape index (κ2) is 10.6. The zero-order valence-electron chi connectivity index (χ0n) is 20.5. The molecular formula is C26H33N7O3. The Hall–Kier alpha value is -3.50. The number of H-pyrrole nitrogens is 1. The second-order valence-electron chi connectivity index (χ2n) is 9.69. The highest BCUT2D eigenvalue weighted by Gasteiger charge is 2.23. The third-order valence-corrected chi connectivity index (χ3v) is 7.12. The molecule has 190 valence electrons. The van der Waals surface area contributed by atoms with Crippen molar-refractivity contribution >= 4 is 28.5 Å². The zero-order valence-corrected chi connectivity index (χ0v) is 20.5. The van der Waals surface area contributed by atoms with Gasteiger partial charge in [0.1, 0.15) is 17.8 Å². The first kappa shape index (κ1) is 24.2. The van der Waals surface area contributed by atoms with Crippen molar-refractivity contribution in [2.75, 3.05) is 38.0 Å². The fourth-order valence-corrected chi connectivity index (χ4v) is 5.18. The Morgan fingerprint density at radius 1 is 1.19 bits per heavy atom. The van der Waals surface area contributed by atoms with E-state index in [9.17, 15) is 14.7 Å². The normalized spacial score (nSPS) is 17.6. The van der Waals surface area contributed by atoms with Gasteiger partial charge in [-0.2, -0.15) is 0 Å². The van der Waals surface area contributed by atoms with E-state index in [0.717, 1.165) is 37.9 Å². The van der Waals surface area contributed by atoms with Gasteiger partial charge >= 0.3 is 0 Å². The molecule has 2 aliphatic rings. The molecule has 1 aromatic carbocycles. The molecule has 1 saturated heterocycles. The van der Waals surface area contributed by atoms with Crippen LogP contribution < -0.4 is 10.6 Å². The van der Waals surface area contributed by atoms with Crippen molar-refractivity contribution in [2.45, 2.75) is 44.9 Å². The van der Waals surface area contributed by atoms with Gasteiger partial charge in [0, 0.05) is 74.9 Å². The molecule has 10 nitrogen and oxygen atoms in total. The van der Waals surface area contributed by atoms with Gasteiger partial charge in [0.25, 0.3) is 5.91 Å². The summed E-state index contributed by atoms with van der Waals surface area (Å²) in [6.07, 6.45) is 3.26. The average Bonchev–Trinajstić information content (AvgIpc) is 3.25. The van der Waals surface area contributed by atoms with E-state index in [1.165, 1.54) is 23.0 Å². The number of nitrogens with zero attached hydrogens (tertiary/aromatic N) is 4. The minimum atomic E-state index is -0.689. The van der Waals surface area contributed by atoms with Crippen molar-refractivity contribution in [3.8, 4) is 0 Å². The SMILES string of the molecule is CC(=O)N1CCC(Nc2cc(C(=O)NC[C@H](O)CN3CCc4c([nH]c5ccccc45)C3)ncn2)CC1. The van der Waals surface area contributed by atoms with Gasteiger partial charge in [-0.15, -0.1) is 0 Å². The zero-order chi connectivity index (χ0) is 25.1. The summed E-state index contributed by atoms with van der Waals surface area (Å²) < 4.78 is 0. The lowest BCUT2D eigenvalue weighted by atomic mass is 10.0. The minimum absolute atomic E-state index is 0.0968. The summed E-state index contributed by atoms with van der Waals surface area (Å²) >= 11 is 0. The van der Waals surface area contributed by atoms with E-state index in [2.05, 4.69) is 48.7 Å². The van der Waals surface area contributed by atoms with Crippen LogP contribution >= 0.6 is 0 Å². The van der Waals surface area contributed by atoms with Crippen LogP contribution in [0.4, 0.5) is 5.82 Å². The standard InChI is InChI=1S/C26H33N7O3/c1-17(34)33-10-6-18(7-11-33)30-25-12-23(28-16-29-25)26(36)27-13-19(35)14-32-9-8-21-20-4-2-3-5-22(20)31-24(21)15-32/h2-5,12,16,18-19,31,35H,6-11,13-15H2,1H3,(H,27,36)(H,28,29,30)/t19-/m0/s1. The lowest BCUT2D eigenvalue weighted by Gasteiger charge is -2.31. The second-order valence-corrected chi connectivity index (χ2v) is 9.69. The molecule has 0 aliphatic carbocycles. The van der Waals surface area contributed by atoms with E-state index in [-0.39, 0.29) is 30.1 Å². The number of nitrogens with one attached hydrogen (secondary N) is 3. The first-order valence-electron chi connectivity index (χ1n) is 12.6. The van der Waals surface area contributed by atoms with Crippen LogP contribution in [0.15, 0.2) is 36.7 Å². The average molecular weight is 492 g/mol. The summed E-state index contributed by atoms with van der Waals surface area (Å²) in [5.74, 6) is 0.335. The number of aromatic nitrogens is 3. The predicted octanol–water partition coefficient (Wildman–Crippen LogP) is 1.53. The summed E-state index contributed by atoms with van der Waals surface area (Å²) in [5, 5.41) is 18.0. The number of amides is 2. The van der Waals surface area contributed by atoms with Gasteiger partial charge in [0.15, 0.2) is 0 Å². The summed E-state index contributed by atoms with van der Waals surface area (Å²) in [7, 11) is 0. The van der Waals surface area contributed by atoms with Gasteiger partial charge in [-0.25, -0.2) is 9.97 Å². The van der Waals surface area contributed by atoms with Gasteiger partial charge in [-0.1, -0.05) is 18.2 Å². The molecule has 0 unspecified atom stereocenters.